The molecule has 14 heavy (non-hydrogen) atoms. The van der Waals surface area contributed by atoms with Crippen LogP contribution in [-0.2, 0) is 0 Å². The van der Waals surface area contributed by atoms with Gasteiger partial charge in [-0.3, -0.25) is 0 Å². The summed E-state index contributed by atoms with van der Waals surface area (Å²) < 4.78 is 0. The van der Waals surface area contributed by atoms with Crippen molar-refractivity contribution in [2.45, 2.75) is 12.5 Å². The van der Waals surface area contributed by atoms with Gasteiger partial charge in [0.2, 0.25) is 0 Å². The van der Waals surface area contributed by atoms with Crippen molar-refractivity contribution >= 4 is 22.5 Å². The van der Waals surface area contributed by atoms with Gasteiger partial charge in [0.05, 0.1) is 0 Å². The Bertz CT molecular complexity index is 471. The van der Waals surface area contributed by atoms with Crippen molar-refractivity contribution in [3.05, 3.63) is 35.0 Å². The van der Waals surface area contributed by atoms with Gasteiger partial charge < -0.3 is 10.3 Å². The van der Waals surface area contributed by atoms with Crippen molar-refractivity contribution in [2.75, 3.05) is 6.54 Å². The lowest BCUT2D eigenvalue weighted by atomic mass is 10.0. The molecule has 0 amide bonds. The number of H-pyrrole nitrogens is 1. The van der Waals surface area contributed by atoms with Crippen LogP contribution >= 0.6 is 11.6 Å². The fourth-order valence-corrected chi connectivity index (χ4v) is 2.05. The van der Waals surface area contributed by atoms with Crippen molar-refractivity contribution in [3.63, 3.8) is 0 Å². The van der Waals surface area contributed by atoms with Crippen LogP contribution in [0.5, 0.6) is 0 Å². The zero-order valence-corrected chi connectivity index (χ0v) is 8.43. The Morgan fingerprint density at radius 2 is 2.14 bits per heavy atom. The van der Waals surface area contributed by atoms with E-state index in [0.717, 1.165) is 17.1 Å². The minimum Gasteiger partial charge on any atom is -0.357 e. The Morgan fingerprint density at radius 1 is 1.29 bits per heavy atom. The lowest BCUT2D eigenvalue weighted by Crippen LogP contribution is -2.35. The molecule has 2 aromatic rings. The first-order valence-electron chi connectivity index (χ1n) is 4.84. The van der Waals surface area contributed by atoms with Gasteiger partial charge in [-0.2, -0.15) is 0 Å². The summed E-state index contributed by atoms with van der Waals surface area (Å²) in [7, 11) is 0. The third-order valence-corrected chi connectivity index (χ3v) is 3.04. The summed E-state index contributed by atoms with van der Waals surface area (Å²) in [6, 6.07) is 8.63. The highest BCUT2D eigenvalue weighted by Crippen LogP contribution is 2.27. The highest BCUT2D eigenvalue weighted by molar-refractivity contribution is 6.31. The van der Waals surface area contributed by atoms with Gasteiger partial charge in [-0.15, -0.1) is 0 Å². The van der Waals surface area contributed by atoms with Crippen LogP contribution in [0.1, 0.15) is 18.2 Å². The molecule has 1 aromatic heterocycles. The summed E-state index contributed by atoms with van der Waals surface area (Å²) in [5, 5.41) is 5.36. The molecule has 3 heteroatoms. The maximum Gasteiger partial charge on any atom is 0.0485 e. The molecule has 72 valence electrons. The second-order valence-electron chi connectivity index (χ2n) is 3.75. The van der Waals surface area contributed by atoms with E-state index in [2.05, 4.69) is 16.4 Å². The van der Waals surface area contributed by atoms with Gasteiger partial charge >= 0.3 is 0 Å². The van der Waals surface area contributed by atoms with E-state index in [1.54, 1.807) is 0 Å². The molecule has 3 rings (SSSR count). The third kappa shape index (κ3) is 1.22. The number of nitrogens with one attached hydrogen (secondary N) is 2. The number of aromatic nitrogens is 1. The van der Waals surface area contributed by atoms with Crippen LogP contribution in [-0.4, -0.2) is 11.5 Å². The van der Waals surface area contributed by atoms with Crippen molar-refractivity contribution in [2.24, 2.45) is 0 Å². The molecule has 1 saturated heterocycles. The van der Waals surface area contributed by atoms with Crippen LogP contribution in [0.2, 0.25) is 5.02 Å². The van der Waals surface area contributed by atoms with Crippen LogP contribution < -0.4 is 5.32 Å². The number of halogens is 1. The first kappa shape index (κ1) is 8.33. The lowest BCUT2D eigenvalue weighted by Gasteiger charge is -2.26. The zero-order valence-electron chi connectivity index (χ0n) is 7.68. The molecule has 0 radical (unpaired) electrons. The minimum absolute atomic E-state index is 0.515. The van der Waals surface area contributed by atoms with Gasteiger partial charge in [0, 0.05) is 27.7 Å². The molecular formula is C11H11ClN2. The van der Waals surface area contributed by atoms with Crippen molar-refractivity contribution < 1.29 is 0 Å². The predicted molar refractivity (Wildman–Crippen MR) is 58.7 cm³/mol. The Labute approximate surface area is 87.3 Å². The minimum atomic E-state index is 0.515. The van der Waals surface area contributed by atoms with Gasteiger partial charge in [0.1, 0.15) is 0 Å². The molecule has 0 aliphatic carbocycles. The fourth-order valence-electron chi connectivity index (χ4n) is 1.87. The van der Waals surface area contributed by atoms with Crippen molar-refractivity contribution in [1.29, 1.82) is 0 Å². The zero-order chi connectivity index (χ0) is 9.54. The third-order valence-electron chi connectivity index (χ3n) is 2.80. The maximum atomic E-state index is 5.93. The number of rotatable bonds is 1. The average molecular weight is 207 g/mol. The van der Waals surface area contributed by atoms with E-state index in [9.17, 15) is 0 Å². The van der Waals surface area contributed by atoms with E-state index in [0.29, 0.717) is 6.04 Å². The predicted octanol–water partition coefficient (Wildman–Crippen LogP) is 2.86. The molecule has 0 spiro atoms. The molecule has 1 aliphatic heterocycles. The summed E-state index contributed by atoms with van der Waals surface area (Å²) in [5.74, 6) is 0. The van der Waals surface area contributed by atoms with Gasteiger partial charge in [0.15, 0.2) is 0 Å². The Kier molecular flexibility index (Phi) is 1.79. The number of fused-ring (bicyclic) bond motifs is 1. The topological polar surface area (TPSA) is 27.8 Å². The summed E-state index contributed by atoms with van der Waals surface area (Å²) in [5.41, 5.74) is 2.44. The SMILES string of the molecule is Clc1ccc2[nH]c(C3CCN3)cc2c1. The van der Waals surface area contributed by atoms with Gasteiger partial charge in [-0.1, -0.05) is 11.6 Å². The number of aromatic amines is 1. The van der Waals surface area contributed by atoms with Crippen LogP contribution in [0, 0.1) is 0 Å². The number of hydrogen-bond acceptors (Lipinski definition) is 1. The molecule has 1 fully saturated rings. The van der Waals surface area contributed by atoms with E-state index in [1.807, 2.05) is 18.2 Å². The van der Waals surface area contributed by atoms with Gasteiger partial charge in [-0.05, 0) is 37.2 Å². The van der Waals surface area contributed by atoms with E-state index in [1.165, 1.54) is 17.5 Å². The molecule has 1 atom stereocenters. The molecule has 2 heterocycles. The standard InChI is InChI=1S/C11H11ClN2/c12-8-1-2-9-7(5-8)6-11(14-9)10-3-4-13-10/h1-2,5-6,10,13-14H,3-4H2. The summed E-state index contributed by atoms with van der Waals surface area (Å²) >= 11 is 5.93. The molecule has 1 aliphatic rings. The Morgan fingerprint density at radius 3 is 2.86 bits per heavy atom. The summed E-state index contributed by atoms with van der Waals surface area (Å²) in [6.45, 7) is 1.13. The van der Waals surface area contributed by atoms with E-state index in [4.69, 9.17) is 11.6 Å². The first-order valence-corrected chi connectivity index (χ1v) is 5.22. The number of hydrogen-bond donors (Lipinski definition) is 2. The largest absolute Gasteiger partial charge is 0.357 e. The Balaban J connectivity index is 2.10. The highest BCUT2D eigenvalue weighted by atomic mass is 35.5. The molecular weight excluding hydrogens is 196 g/mol. The molecule has 1 unspecified atom stereocenters. The lowest BCUT2D eigenvalue weighted by molar-refractivity contribution is 0.377. The molecule has 0 bridgehead atoms. The van der Waals surface area contributed by atoms with E-state index < -0.39 is 0 Å². The van der Waals surface area contributed by atoms with Crippen LogP contribution in [0.15, 0.2) is 24.3 Å². The van der Waals surface area contributed by atoms with Crippen molar-refractivity contribution in [3.8, 4) is 0 Å². The first-order chi connectivity index (χ1) is 6.83. The van der Waals surface area contributed by atoms with Gasteiger partial charge in [0.25, 0.3) is 0 Å². The average Bonchev–Trinajstić information content (AvgIpc) is 2.43. The van der Waals surface area contributed by atoms with Gasteiger partial charge in [-0.25, -0.2) is 0 Å². The van der Waals surface area contributed by atoms with Crippen molar-refractivity contribution in [1.82, 2.24) is 10.3 Å². The molecule has 1 aromatic carbocycles. The smallest absolute Gasteiger partial charge is 0.0485 e. The molecule has 2 nitrogen and oxygen atoms in total. The fraction of sp³-hybridized carbons (Fsp3) is 0.273. The monoisotopic (exact) mass is 206 g/mol. The summed E-state index contributed by atoms with van der Waals surface area (Å²) in [6.07, 6.45) is 1.22. The number of benzene rings is 1. The molecule has 0 saturated carbocycles. The van der Waals surface area contributed by atoms with E-state index in [-0.39, 0.29) is 0 Å². The Hall–Kier alpha value is -0.990. The second kappa shape index (κ2) is 3.01. The van der Waals surface area contributed by atoms with Crippen LogP contribution in [0.3, 0.4) is 0 Å². The quantitative estimate of drug-likeness (QED) is 0.738. The highest BCUT2D eigenvalue weighted by Gasteiger charge is 2.19. The van der Waals surface area contributed by atoms with Crippen LogP contribution in [0.25, 0.3) is 10.9 Å². The molecule has 2 N–H and O–H groups in total. The second-order valence-corrected chi connectivity index (χ2v) is 4.19. The van der Waals surface area contributed by atoms with E-state index >= 15 is 0 Å². The van der Waals surface area contributed by atoms with Crippen LogP contribution in [0.4, 0.5) is 0 Å². The normalized spacial score (nSPS) is 21.1. The summed E-state index contributed by atoms with van der Waals surface area (Å²) in [4.78, 5) is 3.40. The maximum absolute atomic E-state index is 5.93.